The Balaban J connectivity index is 1.62. The standard InChI is InChI=1S/C17H25BrN2/c1-12(13-7-9-14(18)10-8-13)20-17-5-2-4-15(17)16-6-3-11-19-16/h7-10,12,15-17,19-20H,2-6,11H2,1H3. The highest BCUT2D eigenvalue weighted by Gasteiger charge is 2.35. The van der Waals surface area contributed by atoms with Crippen LogP contribution in [0.4, 0.5) is 0 Å². The third kappa shape index (κ3) is 3.26. The van der Waals surface area contributed by atoms with Gasteiger partial charge in [-0.3, -0.25) is 0 Å². The zero-order valence-electron chi connectivity index (χ0n) is 12.2. The van der Waals surface area contributed by atoms with Gasteiger partial charge in [0.15, 0.2) is 0 Å². The Bertz CT molecular complexity index is 425. The summed E-state index contributed by atoms with van der Waals surface area (Å²) in [5.41, 5.74) is 1.39. The smallest absolute Gasteiger partial charge is 0.0294 e. The molecule has 20 heavy (non-hydrogen) atoms. The highest BCUT2D eigenvalue weighted by Crippen LogP contribution is 2.33. The lowest BCUT2D eigenvalue weighted by Crippen LogP contribution is -2.42. The van der Waals surface area contributed by atoms with Crippen molar-refractivity contribution < 1.29 is 0 Å². The first-order chi connectivity index (χ1) is 9.74. The highest BCUT2D eigenvalue weighted by molar-refractivity contribution is 9.10. The van der Waals surface area contributed by atoms with Gasteiger partial charge in [-0.15, -0.1) is 0 Å². The van der Waals surface area contributed by atoms with Gasteiger partial charge < -0.3 is 10.6 Å². The van der Waals surface area contributed by atoms with Crippen molar-refractivity contribution in [1.29, 1.82) is 0 Å². The van der Waals surface area contributed by atoms with E-state index in [1.54, 1.807) is 0 Å². The van der Waals surface area contributed by atoms with Crippen LogP contribution in [0, 0.1) is 5.92 Å². The molecule has 1 aromatic rings. The van der Waals surface area contributed by atoms with Gasteiger partial charge in [-0.1, -0.05) is 34.5 Å². The lowest BCUT2D eigenvalue weighted by molar-refractivity contribution is 0.303. The minimum atomic E-state index is 0.440. The van der Waals surface area contributed by atoms with Gasteiger partial charge in [0.2, 0.25) is 0 Å². The summed E-state index contributed by atoms with van der Waals surface area (Å²) in [5, 5.41) is 7.59. The lowest BCUT2D eigenvalue weighted by Gasteiger charge is -2.29. The van der Waals surface area contributed by atoms with Gasteiger partial charge in [0.05, 0.1) is 0 Å². The van der Waals surface area contributed by atoms with E-state index in [2.05, 4.69) is 57.8 Å². The molecule has 0 amide bonds. The van der Waals surface area contributed by atoms with Crippen molar-refractivity contribution in [3.05, 3.63) is 34.3 Å². The number of rotatable bonds is 4. The number of hydrogen-bond donors (Lipinski definition) is 2. The van der Waals surface area contributed by atoms with Crippen molar-refractivity contribution in [2.45, 2.75) is 57.2 Å². The molecular formula is C17H25BrN2. The summed E-state index contributed by atoms with van der Waals surface area (Å²) < 4.78 is 1.15. The Morgan fingerprint density at radius 1 is 1.15 bits per heavy atom. The summed E-state index contributed by atoms with van der Waals surface area (Å²) in [6, 6.07) is 10.6. The predicted molar refractivity (Wildman–Crippen MR) is 87.8 cm³/mol. The van der Waals surface area contributed by atoms with Crippen LogP contribution in [0.3, 0.4) is 0 Å². The molecule has 0 spiro atoms. The Labute approximate surface area is 130 Å². The molecule has 1 saturated heterocycles. The molecule has 2 fully saturated rings. The minimum Gasteiger partial charge on any atom is -0.314 e. The predicted octanol–water partition coefficient (Wildman–Crippen LogP) is 4.02. The van der Waals surface area contributed by atoms with Crippen LogP contribution in [0.25, 0.3) is 0 Å². The summed E-state index contributed by atoms with van der Waals surface area (Å²) in [7, 11) is 0. The molecule has 0 bridgehead atoms. The molecule has 1 saturated carbocycles. The Hall–Kier alpha value is -0.380. The van der Waals surface area contributed by atoms with Gasteiger partial charge in [0.1, 0.15) is 0 Å². The van der Waals surface area contributed by atoms with E-state index < -0.39 is 0 Å². The second-order valence-electron chi connectivity index (χ2n) is 6.34. The first-order valence-corrected chi connectivity index (χ1v) is 8.78. The van der Waals surface area contributed by atoms with Gasteiger partial charge in [-0.05, 0) is 62.8 Å². The second kappa shape index (κ2) is 6.59. The van der Waals surface area contributed by atoms with Crippen LogP contribution in [0.1, 0.15) is 50.6 Å². The van der Waals surface area contributed by atoms with Crippen molar-refractivity contribution >= 4 is 15.9 Å². The third-order valence-corrected chi connectivity index (χ3v) is 5.55. The van der Waals surface area contributed by atoms with Gasteiger partial charge >= 0.3 is 0 Å². The molecule has 2 N–H and O–H groups in total. The van der Waals surface area contributed by atoms with Crippen molar-refractivity contribution in [1.82, 2.24) is 10.6 Å². The van der Waals surface area contributed by atoms with E-state index in [4.69, 9.17) is 0 Å². The lowest BCUT2D eigenvalue weighted by atomic mass is 9.92. The SMILES string of the molecule is CC(NC1CCCC1C1CCCN1)c1ccc(Br)cc1. The van der Waals surface area contributed by atoms with Gasteiger partial charge in [0.25, 0.3) is 0 Å². The van der Waals surface area contributed by atoms with E-state index in [1.807, 2.05) is 0 Å². The maximum absolute atomic E-state index is 3.89. The zero-order valence-corrected chi connectivity index (χ0v) is 13.8. The highest BCUT2D eigenvalue weighted by atomic mass is 79.9. The third-order valence-electron chi connectivity index (χ3n) is 5.02. The van der Waals surface area contributed by atoms with Crippen LogP contribution >= 0.6 is 15.9 Å². The van der Waals surface area contributed by atoms with Crippen molar-refractivity contribution in [2.24, 2.45) is 5.92 Å². The molecule has 4 unspecified atom stereocenters. The molecule has 2 nitrogen and oxygen atoms in total. The fourth-order valence-corrected chi connectivity index (χ4v) is 4.19. The van der Waals surface area contributed by atoms with Gasteiger partial charge in [0, 0.05) is 22.6 Å². The van der Waals surface area contributed by atoms with Crippen LogP contribution in [0.15, 0.2) is 28.7 Å². The number of hydrogen-bond acceptors (Lipinski definition) is 2. The maximum Gasteiger partial charge on any atom is 0.0294 e. The Morgan fingerprint density at radius 3 is 2.65 bits per heavy atom. The number of benzene rings is 1. The van der Waals surface area contributed by atoms with Crippen LogP contribution < -0.4 is 10.6 Å². The fourth-order valence-electron chi connectivity index (χ4n) is 3.92. The molecule has 3 heteroatoms. The normalized spacial score (nSPS) is 31.6. The monoisotopic (exact) mass is 336 g/mol. The largest absolute Gasteiger partial charge is 0.314 e. The summed E-state index contributed by atoms with van der Waals surface area (Å²) in [4.78, 5) is 0. The average Bonchev–Trinajstić information content (AvgIpc) is 3.09. The molecule has 1 aliphatic carbocycles. The molecule has 110 valence electrons. The van der Waals surface area contributed by atoms with Crippen LogP contribution in [-0.4, -0.2) is 18.6 Å². The van der Waals surface area contributed by atoms with E-state index >= 15 is 0 Å². The van der Waals surface area contributed by atoms with E-state index in [1.165, 1.54) is 44.2 Å². The molecule has 3 rings (SSSR count). The summed E-state index contributed by atoms with van der Waals surface area (Å²) in [5.74, 6) is 0.829. The summed E-state index contributed by atoms with van der Waals surface area (Å²) >= 11 is 3.51. The molecule has 4 atom stereocenters. The van der Waals surface area contributed by atoms with Crippen LogP contribution in [0.2, 0.25) is 0 Å². The molecule has 1 aromatic carbocycles. The fraction of sp³-hybridized carbons (Fsp3) is 0.647. The van der Waals surface area contributed by atoms with Crippen molar-refractivity contribution in [3.63, 3.8) is 0 Å². The summed E-state index contributed by atoms with van der Waals surface area (Å²) in [6.45, 7) is 3.51. The zero-order chi connectivity index (χ0) is 13.9. The molecule has 1 heterocycles. The minimum absolute atomic E-state index is 0.440. The average molecular weight is 337 g/mol. The Kier molecular flexibility index (Phi) is 4.79. The number of nitrogens with one attached hydrogen (secondary N) is 2. The van der Waals surface area contributed by atoms with Crippen LogP contribution in [0.5, 0.6) is 0 Å². The van der Waals surface area contributed by atoms with Crippen LogP contribution in [-0.2, 0) is 0 Å². The van der Waals surface area contributed by atoms with E-state index in [0.717, 1.165) is 16.4 Å². The van der Waals surface area contributed by atoms with E-state index in [-0.39, 0.29) is 0 Å². The first kappa shape index (κ1) is 14.6. The molecule has 0 radical (unpaired) electrons. The first-order valence-electron chi connectivity index (χ1n) is 7.99. The van der Waals surface area contributed by atoms with Crippen molar-refractivity contribution in [3.8, 4) is 0 Å². The molecular weight excluding hydrogens is 312 g/mol. The van der Waals surface area contributed by atoms with E-state index in [9.17, 15) is 0 Å². The van der Waals surface area contributed by atoms with Gasteiger partial charge in [-0.2, -0.15) is 0 Å². The van der Waals surface area contributed by atoms with E-state index in [0.29, 0.717) is 12.1 Å². The molecule has 0 aromatic heterocycles. The quantitative estimate of drug-likeness (QED) is 0.867. The maximum atomic E-state index is 3.89. The second-order valence-corrected chi connectivity index (χ2v) is 7.26. The van der Waals surface area contributed by atoms with Crippen molar-refractivity contribution in [2.75, 3.05) is 6.54 Å². The summed E-state index contributed by atoms with van der Waals surface area (Å²) in [6.07, 6.45) is 6.84. The Morgan fingerprint density at radius 2 is 1.95 bits per heavy atom. The number of halogens is 1. The topological polar surface area (TPSA) is 24.1 Å². The molecule has 2 aliphatic rings. The van der Waals surface area contributed by atoms with Gasteiger partial charge in [-0.25, -0.2) is 0 Å². The molecule has 1 aliphatic heterocycles.